The van der Waals surface area contributed by atoms with Crippen molar-refractivity contribution in [2.24, 2.45) is 7.32 Å². The molecule has 0 aromatic heterocycles. The van der Waals surface area contributed by atoms with E-state index in [0.29, 0.717) is 0 Å². The molecule has 5 aliphatic rings. The van der Waals surface area contributed by atoms with Crippen molar-refractivity contribution >= 4 is 40.3 Å². The van der Waals surface area contributed by atoms with E-state index in [0.717, 1.165) is 39.6 Å². The third-order valence-corrected chi connectivity index (χ3v) is 23.0. The summed E-state index contributed by atoms with van der Waals surface area (Å²) in [5.41, 5.74) is 0. The molecule has 63 heavy (non-hydrogen) atoms. The fourth-order valence-corrected chi connectivity index (χ4v) is 10.7. The van der Waals surface area contributed by atoms with Crippen molar-refractivity contribution in [2.45, 2.75) is 186 Å². The predicted molar refractivity (Wildman–Crippen MR) is 277 cm³/mol. The minimum absolute atomic E-state index is 0. The summed E-state index contributed by atoms with van der Waals surface area (Å²) in [5.74, 6) is 14.7. The third-order valence-electron chi connectivity index (χ3n) is 9.01. The van der Waals surface area contributed by atoms with Gasteiger partial charge < -0.3 is 27.3 Å². The van der Waals surface area contributed by atoms with Crippen LogP contribution in [0.1, 0.15) is 108 Å². The van der Waals surface area contributed by atoms with Crippen molar-refractivity contribution in [2.75, 3.05) is 39.6 Å². The Labute approximate surface area is 440 Å². The summed E-state index contributed by atoms with van der Waals surface area (Å²) in [6.45, 7) is 62.4. The zero-order chi connectivity index (χ0) is 48.6. The van der Waals surface area contributed by atoms with Crippen LogP contribution in [-0.4, -0.2) is 80.0 Å². The van der Waals surface area contributed by atoms with Gasteiger partial charge in [0, 0.05) is 39.6 Å². The van der Waals surface area contributed by atoms with Crippen molar-refractivity contribution in [3.05, 3.63) is 82.7 Å². The molecule has 0 N–H and O–H groups in total. The predicted octanol–water partition coefficient (Wildman–Crippen LogP) is 8.60. The Morgan fingerprint density at radius 3 is 0.556 bits per heavy atom. The molecule has 3 aliphatic heterocycles. The molecule has 5 fully saturated rings. The average molecular weight is 1100 g/mol. The van der Waals surface area contributed by atoms with Crippen LogP contribution in [0.25, 0.3) is 0 Å². The molecule has 7 nitrogen and oxygen atoms in total. The Morgan fingerprint density at radius 1 is 0.381 bits per heavy atom. The van der Waals surface area contributed by atoms with Gasteiger partial charge in [-0.3, -0.25) is 0 Å². The van der Waals surface area contributed by atoms with Gasteiger partial charge in [-0.05, 0) is 97.7 Å². The summed E-state index contributed by atoms with van der Waals surface area (Å²) in [6, 6.07) is 0. The SMILES string of the molecule is C1CCOC1.C1CCOC1.C1CCOC1.C[C]1[C](C)[C](C)[C](C)[C]1C.C[C]1[C](C)[C](C)[C](C)[C]1C.C[Si](C)(C)[CH]=[Mo+2]=[N][O-].C[Si](C)(C)[CH]=[Mo+2]=[N][O-].[CH2-][Si](C)(C)C.[CH2-][Si](C)(C)C.[Li+].[Li+]. The van der Waals surface area contributed by atoms with Crippen LogP contribution in [0.3, 0.4) is 0 Å². The van der Waals surface area contributed by atoms with Gasteiger partial charge in [0.15, 0.2) is 0 Å². The van der Waals surface area contributed by atoms with E-state index in [1.54, 1.807) is 0 Å². The maximum Gasteiger partial charge on any atom is 1.00 e. The van der Waals surface area contributed by atoms with Crippen molar-refractivity contribution in [3.63, 3.8) is 0 Å². The quantitative estimate of drug-likeness (QED) is 0.157. The summed E-state index contributed by atoms with van der Waals surface area (Å²) in [7, 11) is -3.80. The smallest absolute Gasteiger partial charge is 0.342 e. The molecule has 0 amide bonds. The Kier molecular flexibility index (Phi) is 53.0. The molecule has 3 heterocycles. The van der Waals surface area contributed by atoms with Crippen molar-refractivity contribution in [1.29, 1.82) is 0 Å². The molecule has 0 aromatic rings. The van der Waals surface area contributed by atoms with Crippen molar-refractivity contribution in [3.8, 4) is 0 Å². The number of rotatable bonds is 2. The number of hydrogen-bond donors (Lipinski definition) is 0. The van der Waals surface area contributed by atoms with E-state index in [1.807, 2.05) is 0 Å². The second-order valence-electron chi connectivity index (χ2n) is 20.7. The van der Waals surface area contributed by atoms with Gasteiger partial charge in [-0.15, -0.1) is 16.1 Å². The first-order chi connectivity index (χ1) is 27.7. The van der Waals surface area contributed by atoms with Gasteiger partial charge in [0.2, 0.25) is 0 Å². The average Bonchev–Trinajstić information content (AvgIpc) is 4.01. The first-order valence-corrected chi connectivity index (χ1v) is 40.9. The fourth-order valence-electron chi connectivity index (χ4n) is 4.70. The molecule has 0 unspecified atom stereocenters. The van der Waals surface area contributed by atoms with Crippen LogP contribution in [0.2, 0.25) is 78.6 Å². The Morgan fingerprint density at radius 2 is 0.508 bits per heavy atom. The Bertz CT molecular complexity index is 939. The largest absolute Gasteiger partial charge is 1.00 e. The molecule has 2 aliphatic carbocycles. The molecule has 2 saturated carbocycles. The molecular weight excluding hydrogens is 1000 g/mol. The Hall–Kier alpha value is 2.58. The molecule has 356 valence electrons. The molecule has 15 heteroatoms. The van der Waals surface area contributed by atoms with Crippen LogP contribution >= 0.6 is 0 Å². The van der Waals surface area contributed by atoms with E-state index in [-0.39, 0.29) is 37.7 Å². The summed E-state index contributed by atoms with van der Waals surface area (Å²) in [5, 5.41) is 19.3. The summed E-state index contributed by atoms with van der Waals surface area (Å²) in [4.78, 5) is 0. The summed E-state index contributed by atoms with van der Waals surface area (Å²) < 4.78 is 24.9. The van der Waals surface area contributed by atoms with Gasteiger partial charge in [0.1, 0.15) is 0 Å². The topological polar surface area (TPSA) is 98.5 Å². The molecular formula is C48H96Li2Mo2N2O5Si4+2. The van der Waals surface area contributed by atoms with Gasteiger partial charge in [-0.1, -0.05) is 109 Å². The van der Waals surface area contributed by atoms with Gasteiger partial charge in [-0.2, -0.15) is 0 Å². The standard InChI is InChI=1S/2C10H15.3C4H8O.2C4H11Si.2C4H10Si.2Li.2Mo.2NO/c2*1-6-7(2)9(4)10(5)8(6)3;3*1-2-4-5-3-1;4*1-5(2,3)4;;;;;2*1-2/h2*1-5H3;3*1-4H2;2*1H2,2-4H3;2*1H,2-4H3;;;;;;/q;;;;;2*-1;;;2*+1;2*+2;2*-1. The van der Waals surface area contributed by atoms with E-state index < -0.39 is 68.1 Å². The van der Waals surface area contributed by atoms with Crippen LogP contribution in [0.5, 0.6) is 0 Å². The van der Waals surface area contributed by atoms with Gasteiger partial charge in [0.25, 0.3) is 0 Å². The van der Waals surface area contributed by atoms with E-state index in [1.165, 1.54) is 97.7 Å². The van der Waals surface area contributed by atoms with Crippen LogP contribution in [0.15, 0.2) is 7.32 Å². The van der Waals surface area contributed by atoms with E-state index in [2.05, 4.69) is 176 Å². The normalized spacial score (nSPS) is 19.2. The third kappa shape index (κ3) is 55.4. The molecule has 3 saturated heterocycles. The van der Waals surface area contributed by atoms with Crippen molar-refractivity contribution in [1.82, 2.24) is 0 Å². The maximum absolute atomic E-state index is 9.65. The molecule has 0 aromatic carbocycles. The van der Waals surface area contributed by atoms with E-state index >= 15 is 0 Å². The molecule has 5 rings (SSSR count). The fraction of sp³-hybridized carbons (Fsp3) is 0.708. The van der Waals surface area contributed by atoms with E-state index in [4.69, 9.17) is 14.2 Å². The van der Waals surface area contributed by atoms with Gasteiger partial charge >= 0.3 is 155 Å². The van der Waals surface area contributed by atoms with Gasteiger partial charge in [-0.25, -0.2) is 0 Å². The van der Waals surface area contributed by atoms with E-state index in [9.17, 15) is 10.4 Å². The zero-order valence-electron chi connectivity index (χ0n) is 45.8. The van der Waals surface area contributed by atoms with Crippen molar-refractivity contribution < 1.29 is 87.8 Å². The molecule has 10 radical (unpaired) electrons. The molecule has 0 spiro atoms. The number of nitrogens with zero attached hydrogens (tertiary/aromatic N) is 2. The maximum atomic E-state index is 9.65. The Balaban J connectivity index is -0.000000147. The minimum atomic E-state index is -1.04. The molecule has 0 bridgehead atoms. The van der Waals surface area contributed by atoms with Crippen LogP contribution in [-0.2, 0) is 50.0 Å². The summed E-state index contributed by atoms with van der Waals surface area (Å²) in [6.07, 6.45) is 7.67. The second-order valence-corrected chi connectivity index (χ2v) is 46.1. The second kappa shape index (κ2) is 43.4. The first kappa shape index (κ1) is 77.0. The van der Waals surface area contributed by atoms with Crippen LogP contribution < -0.4 is 37.7 Å². The minimum Gasteiger partial charge on any atom is -0.342 e. The van der Waals surface area contributed by atoms with Gasteiger partial charge in [0.05, 0.1) is 0 Å². The monoisotopic (exact) mass is 1100 g/mol. The first-order valence-electron chi connectivity index (χ1n) is 22.2. The van der Waals surface area contributed by atoms with Crippen LogP contribution in [0.4, 0.5) is 0 Å². The summed E-state index contributed by atoms with van der Waals surface area (Å²) >= 11 is -1.22. The number of ether oxygens (including phenoxy) is 3. The zero-order valence-corrected chi connectivity index (χ0v) is 53.8. The molecule has 0 atom stereocenters. The van der Waals surface area contributed by atoms with Crippen LogP contribution in [0, 0.1) is 82.7 Å². The number of hydrogen-bond acceptors (Lipinski definition) is 7.